The van der Waals surface area contributed by atoms with E-state index in [1.165, 1.54) is 18.2 Å². The van der Waals surface area contributed by atoms with Gasteiger partial charge in [0.25, 0.3) is 0 Å². The van der Waals surface area contributed by atoms with Gasteiger partial charge in [-0.1, -0.05) is 0 Å². The minimum absolute atomic E-state index is 0.0208. The van der Waals surface area contributed by atoms with Gasteiger partial charge in [0.1, 0.15) is 0 Å². The fourth-order valence-electron chi connectivity index (χ4n) is 1.58. The summed E-state index contributed by atoms with van der Waals surface area (Å²) >= 11 is 0. The third-order valence-corrected chi connectivity index (χ3v) is 3.24. The number of primary sulfonamides is 1. The molecule has 0 spiro atoms. The second-order valence-electron chi connectivity index (χ2n) is 4.74. The van der Waals surface area contributed by atoms with Crippen LogP contribution >= 0.6 is 0 Å². The Morgan fingerprint density at radius 3 is 2.50 bits per heavy atom. The number of benzene rings is 1. The smallest absolute Gasteiger partial charge is 0.238 e. The van der Waals surface area contributed by atoms with Gasteiger partial charge in [0.15, 0.2) is 0 Å². The van der Waals surface area contributed by atoms with Gasteiger partial charge in [0.05, 0.1) is 28.4 Å². The molecule has 0 saturated carbocycles. The van der Waals surface area contributed by atoms with Crippen molar-refractivity contribution in [2.45, 2.75) is 24.3 Å². The molecular weight excluding hydrogens is 254 g/mol. The van der Waals surface area contributed by atoms with Crippen LogP contribution in [-0.2, 0) is 14.8 Å². The standard InChI is InChI=1S/C11H19N3O3S/c1-11(2,7-17-3)14-10-6-8(18(13,15)16)4-5-9(10)12/h4-6,14H,7,12H2,1-3H3,(H2,13,15,16). The van der Waals surface area contributed by atoms with Crippen LogP contribution in [-0.4, -0.2) is 27.7 Å². The second kappa shape index (κ2) is 5.13. The molecule has 6 nitrogen and oxygen atoms in total. The highest BCUT2D eigenvalue weighted by atomic mass is 32.2. The monoisotopic (exact) mass is 273 g/mol. The summed E-state index contributed by atoms with van der Waals surface area (Å²) in [7, 11) is -2.15. The quantitative estimate of drug-likeness (QED) is 0.686. The van der Waals surface area contributed by atoms with Crippen molar-refractivity contribution in [3.05, 3.63) is 18.2 Å². The fourth-order valence-corrected chi connectivity index (χ4v) is 2.12. The van der Waals surface area contributed by atoms with Gasteiger partial charge in [0.2, 0.25) is 10.0 Å². The van der Waals surface area contributed by atoms with Crippen LogP contribution in [0.1, 0.15) is 13.8 Å². The molecule has 1 aromatic rings. The summed E-state index contributed by atoms with van der Waals surface area (Å²) in [6.07, 6.45) is 0. The number of nitrogens with two attached hydrogens (primary N) is 2. The van der Waals surface area contributed by atoms with Crippen LogP contribution in [0, 0.1) is 0 Å². The molecule has 0 aliphatic heterocycles. The molecule has 1 aromatic carbocycles. The average molecular weight is 273 g/mol. The second-order valence-corrected chi connectivity index (χ2v) is 6.30. The normalized spacial score (nSPS) is 12.4. The van der Waals surface area contributed by atoms with E-state index in [1.807, 2.05) is 13.8 Å². The van der Waals surface area contributed by atoms with Crippen LogP contribution in [0.5, 0.6) is 0 Å². The zero-order valence-electron chi connectivity index (χ0n) is 10.7. The van der Waals surface area contributed by atoms with Crippen molar-refractivity contribution in [3.63, 3.8) is 0 Å². The molecule has 0 aliphatic rings. The molecule has 5 N–H and O–H groups in total. The maximum absolute atomic E-state index is 11.3. The molecule has 0 aliphatic carbocycles. The number of rotatable bonds is 5. The molecule has 0 atom stereocenters. The Morgan fingerprint density at radius 1 is 1.39 bits per heavy atom. The number of hydrogen-bond acceptors (Lipinski definition) is 5. The van der Waals surface area contributed by atoms with Crippen molar-refractivity contribution in [2.24, 2.45) is 5.14 Å². The molecule has 102 valence electrons. The maximum atomic E-state index is 11.3. The van der Waals surface area contributed by atoms with Crippen molar-refractivity contribution >= 4 is 21.4 Å². The highest BCUT2D eigenvalue weighted by Crippen LogP contribution is 2.25. The predicted molar refractivity (Wildman–Crippen MR) is 71.8 cm³/mol. The van der Waals surface area contributed by atoms with E-state index in [0.29, 0.717) is 18.0 Å². The molecular formula is C11H19N3O3S. The summed E-state index contributed by atoms with van der Waals surface area (Å²) in [5.74, 6) is 0. The van der Waals surface area contributed by atoms with Crippen molar-refractivity contribution < 1.29 is 13.2 Å². The number of nitrogen functional groups attached to an aromatic ring is 1. The fraction of sp³-hybridized carbons (Fsp3) is 0.455. The van der Waals surface area contributed by atoms with Crippen LogP contribution in [0.3, 0.4) is 0 Å². The van der Waals surface area contributed by atoms with Gasteiger partial charge in [0, 0.05) is 7.11 Å². The van der Waals surface area contributed by atoms with Gasteiger partial charge < -0.3 is 15.8 Å². The molecule has 0 aromatic heterocycles. The Hall–Kier alpha value is -1.31. The molecule has 0 radical (unpaired) electrons. The number of ether oxygens (including phenoxy) is 1. The zero-order valence-corrected chi connectivity index (χ0v) is 11.5. The Bertz CT molecular complexity index is 526. The average Bonchev–Trinajstić information content (AvgIpc) is 2.19. The summed E-state index contributed by atoms with van der Waals surface area (Å²) in [5.41, 5.74) is 6.39. The minimum Gasteiger partial charge on any atom is -0.397 e. The van der Waals surface area contributed by atoms with Gasteiger partial charge in [-0.2, -0.15) is 0 Å². The third-order valence-electron chi connectivity index (χ3n) is 2.33. The molecule has 0 amide bonds. The molecule has 0 unspecified atom stereocenters. The largest absolute Gasteiger partial charge is 0.397 e. The molecule has 0 bridgehead atoms. The lowest BCUT2D eigenvalue weighted by Gasteiger charge is -2.27. The first kappa shape index (κ1) is 14.7. The first-order chi connectivity index (χ1) is 8.15. The topological polar surface area (TPSA) is 107 Å². The van der Waals surface area contributed by atoms with Crippen LogP contribution in [0.2, 0.25) is 0 Å². The van der Waals surface area contributed by atoms with Gasteiger partial charge in [-0.25, -0.2) is 13.6 Å². The van der Waals surface area contributed by atoms with Crippen LogP contribution < -0.4 is 16.2 Å². The van der Waals surface area contributed by atoms with Gasteiger partial charge in [-0.05, 0) is 32.0 Å². The summed E-state index contributed by atoms with van der Waals surface area (Å²) in [5, 5.41) is 8.21. The van der Waals surface area contributed by atoms with Crippen LogP contribution in [0.4, 0.5) is 11.4 Å². The predicted octanol–water partition coefficient (Wildman–Crippen LogP) is 0.753. The van der Waals surface area contributed by atoms with E-state index in [1.54, 1.807) is 7.11 Å². The summed E-state index contributed by atoms with van der Waals surface area (Å²) in [6, 6.07) is 4.30. The van der Waals surface area contributed by atoms with Crippen molar-refractivity contribution in [3.8, 4) is 0 Å². The van der Waals surface area contributed by atoms with Gasteiger partial charge >= 0.3 is 0 Å². The zero-order chi connectivity index (χ0) is 14.0. The van der Waals surface area contributed by atoms with E-state index in [0.717, 1.165) is 0 Å². The number of anilines is 2. The summed E-state index contributed by atoms with van der Waals surface area (Å²) < 4.78 is 27.6. The molecule has 0 saturated heterocycles. The lowest BCUT2D eigenvalue weighted by Crippen LogP contribution is -2.36. The molecule has 18 heavy (non-hydrogen) atoms. The van der Waals surface area contributed by atoms with E-state index in [2.05, 4.69) is 5.32 Å². The number of methoxy groups -OCH3 is 1. The van der Waals surface area contributed by atoms with Crippen molar-refractivity contribution in [1.82, 2.24) is 0 Å². The molecule has 0 fully saturated rings. The lowest BCUT2D eigenvalue weighted by atomic mass is 10.1. The molecule has 0 heterocycles. The SMILES string of the molecule is COCC(C)(C)Nc1cc(S(N)(=O)=O)ccc1N. The van der Waals surface area contributed by atoms with Crippen molar-refractivity contribution in [1.29, 1.82) is 0 Å². The minimum atomic E-state index is -3.74. The van der Waals surface area contributed by atoms with E-state index in [-0.39, 0.29) is 10.4 Å². The Kier molecular flexibility index (Phi) is 4.20. The Morgan fingerprint density at radius 2 is 2.00 bits per heavy atom. The Balaban J connectivity index is 3.10. The van der Waals surface area contributed by atoms with E-state index in [9.17, 15) is 8.42 Å². The molecule has 7 heteroatoms. The third kappa shape index (κ3) is 3.86. The van der Waals surface area contributed by atoms with Crippen LogP contribution in [0.15, 0.2) is 23.1 Å². The maximum Gasteiger partial charge on any atom is 0.238 e. The summed E-state index contributed by atoms with van der Waals surface area (Å²) in [4.78, 5) is 0.0208. The summed E-state index contributed by atoms with van der Waals surface area (Å²) in [6.45, 7) is 4.28. The number of nitrogens with one attached hydrogen (secondary N) is 1. The highest BCUT2D eigenvalue weighted by molar-refractivity contribution is 7.89. The first-order valence-corrected chi connectivity index (χ1v) is 6.90. The van der Waals surface area contributed by atoms with E-state index in [4.69, 9.17) is 15.6 Å². The van der Waals surface area contributed by atoms with Crippen LogP contribution in [0.25, 0.3) is 0 Å². The molecule has 1 rings (SSSR count). The van der Waals surface area contributed by atoms with E-state index >= 15 is 0 Å². The highest BCUT2D eigenvalue weighted by Gasteiger charge is 2.19. The number of hydrogen-bond donors (Lipinski definition) is 3. The Labute approximate surface area is 107 Å². The van der Waals surface area contributed by atoms with Gasteiger partial charge in [-0.3, -0.25) is 0 Å². The number of sulfonamides is 1. The van der Waals surface area contributed by atoms with E-state index < -0.39 is 10.0 Å². The lowest BCUT2D eigenvalue weighted by molar-refractivity contribution is 0.158. The van der Waals surface area contributed by atoms with Gasteiger partial charge in [-0.15, -0.1) is 0 Å². The van der Waals surface area contributed by atoms with Crippen molar-refractivity contribution in [2.75, 3.05) is 24.8 Å². The first-order valence-electron chi connectivity index (χ1n) is 5.35.